The van der Waals surface area contributed by atoms with Crippen molar-refractivity contribution in [1.29, 1.82) is 0 Å². The van der Waals surface area contributed by atoms with Crippen LogP contribution in [0.3, 0.4) is 0 Å². The van der Waals surface area contributed by atoms with E-state index < -0.39 is 0 Å². The van der Waals surface area contributed by atoms with Crippen LogP contribution < -0.4 is 5.32 Å². The highest BCUT2D eigenvalue weighted by molar-refractivity contribution is 5.83. The van der Waals surface area contributed by atoms with Crippen molar-refractivity contribution in [2.24, 2.45) is 0 Å². The summed E-state index contributed by atoms with van der Waals surface area (Å²) in [6.45, 7) is 0.282. The van der Waals surface area contributed by atoms with Crippen LogP contribution in [-0.4, -0.2) is 20.2 Å². The van der Waals surface area contributed by atoms with Gasteiger partial charge in [0, 0.05) is 41.0 Å². The number of aliphatic hydroxyl groups excluding tert-OH is 1. The van der Waals surface area contributed by atoms with Gasteiger partial charge in [0.2, 0.25) is 0 Å². The molecule has 0 atom stereocenters. The third-order valence-corrected chi connectivity index (χ3v) is 4.30. The number of phenols is 1. The van der Waals surface area contributed by atoms with Gasteiger partial charge in [-0.3, -0.25) is 4.98 Å². The molecule has 0 bridgehead atoms. The first kappa shape index (κ1) is 16.1. The number of fused-ring (bicyclic) bond motifs is 1. The molecule has 2 heterocycles. The SMILES string of the molecule is OCc1cc(-c2cnco2)c(NCc2ccnc3ccccc23)cc1O. The van der Waals surface area contributed by atoms with E-state index in [1.807, 2.05) is 30.3 Å². The molecule has 0 aliphatic carbocycles. The number of nitrogens with zero attached hydrogens (tertiary/aromatic N) is 2. The van der Waals surface area contributed by atoms with Gasteiger partial charge in [0.25, 0.3) is 0 Å². The van der Waals surface area contributed by atoms with Crippen LogP contribution in [0.1, 0.15) is 11.1 Å². The molecule has 3 N–H and O–H groups in total. The molecule has 2 aromatic heterocycles. The maximum absolute atomic E-state index is 10.1. The Bertz CT molecular complexity index is 1040. The van der Waals surface area contributed by atoms with Crippen molar-refractivity contribution in [3.05, 3.63) is 72.4 Å². The average Bonchev–Trinajstić information content (AvgIpc) is 3.21. The first-order chi connectivity index (χ1) is 12.8. The molecule has 0 unspecified atom stereocenters. The normalized spacial score (nSPS) is 11.0. The molecule has 0 radical (unpaired) electrons. The summed E-state index contributed by atoms with van der Waals surface area (Å²) in [6, 6.07) is 13.2. The zero-order chi connectivity index (χ0) is 17.9. The second kappa shape index (κ2) is 6.85. The number of pyridine rings is 1. The number of hydrogen-bond acceptors (Lipinski definition) is 6. The second-order valence-corrected chi connectivity index (χ2v) is 5.89. The molecule has 0 aliphatic rings. The summed E-state index contributed by atoms with van der Waals surface area (Å²) < 4.78 is 5.40. The molecule has 0 aliphatic heterocycles. The number of benzene rings is 2. The number of rotatable bonds is 5. The van der Waals surface area contributed by atoms with Gasteiger partial charge in [0.15, 0.2) is 12.2 Å². The summed E-state index contributed by atoms with van der Waals surface area (Å²) in [5, 5.41) is 24.0. The van der Waals surface area contributed by atoms with Crippen LogP contribution in [0.15, 0.2) is 65.7 Å². The molecular formula is C20H17N3O3. The Morgan fingerprint density at radius 3 is 2.77 bits per heavy atom. The minimum Gasteiger partial charge on any atom is -0.508 e. The van der Waals surface area contributed by atoms with Gasteiger partial charge in [-0.2, -0.15) is 0 Å². The van der Waals surface area contributed by atoms with Crippen LogP contribution in [0.4, 0.5) is 5.69 Å². The number of aromatic hydroxyl groups is 1. The van der Waals surface area contributed by atoms with Crippen LogP contribution in [0.2, 0.25) is 0 Å². The van der Waals surface area contributed by atoms with Crippen molar-refractivity contribution in [2.75, 3.05) is 5.32 Å². The molecule has 4 aromatic rings. The molecule has 0 amide bonds. The van der Waals surface area contributed by atoms with E-state index in [0.29, 0.717) is 23.6 Å². The first-order valence-corrected chi connectivity index (χ1v) is 8.18. The lowest BCUT2D eigenvalue weighted by Gasteiger charge is -2.14. The number of hydrogen-bond donors (Lipinski definition) is 3. The van der Waals surface area contributed by atoms with E-state index in [4.69, 9.17) is 4.42 Å². The number of aliphatic hydroxyl groups is 1. The lowest BCUT2D eigenvalue weighted by molar-refractivity contribution is 0.275. The van der Waals surface area contributed by atoms with Crippen molar-refractivity contribution >= 4 is 16.6 Å². The summed E-state index contributed by atoms with van der Waals surface area (Å²) in [6.07, 6.45) is 4.73. The Morgan fingerprint density at radius 1 is 1.08 bits per heavy atom. The third-order valence-electron chi connectivity index (χ3n) is 4.30. The topological polar surface area (TPSA) is 91.4 Å². The minimum absolute atomic E-state index is 0.0258. The van der Waals surface area contributed by atoms with Gasteiger partial charge in [-0.05, 0) is 23.8 Å². The van der Waals surface area contributed by atoms with Crippen molar-refractivity contribution in [3.63, 3.8) is 0 Å². The van der Waals surface area contributed by atoms with Gasteiger partial charge in [0.1, 0.15) is 5.75 Å². The van der Waals surface area contributed by atoms with Crippen LogP contribution >= 0.6 is 0 Å². The molecule has 26 heavy (non-hydrogen) atoms. The van der Waals surface area contributed by atoms with Gasteiger partial charge >= 0.3 is 0 Å². The van der Waals surface area contributed by atoms with Crippen LogP contribution in [0, 0.1) is 0 Å². The van der Waals surface area contributed by atoms with Gasteiger partial charge in [0.05, 0.1) is 18.3 Å². The smallest absolute Gasteiger partial charge is 0.181 e. The largest absolute Gasteiger partial charge is 0.508 e. The summed E-state index contributed by atoms with van der Waals surface area (Å²) in [7, 11) is 0. The number of oxazole rings is 1. The fourth-order valence-corrected chi connectivity index (χ4v) is 2.96. The number of aromatic nitrogens is 2. The van der Waals surface area contributed by atoms with Gasteiger partial charge in [-0.15, -0.1) is 0 Å². The lowest BCUT2D eigenvalue weighted by atomic mass is 10.0. The molecule has 4 rings (SSSR count). The Hall–Kier alpha value is -3.38. The summed E-state index contributed by atoms with van der Waals surface area (Å²) in [5.74, 6) is 0.583. The maximum Gasteiger partial charge on any atom is 0.181 e. The zero-order valence-corrected chi connectivity index (χ0v) is 13.9. The van der Waals surface area contributed by atoms with E-state index >= 15 is 0 Å². The van der Waals surface area contributed by atoms with Crippen LogP contribution in [-0.2, 0) is 13.2 Å². The van der Waals surface area contributed by atoms with Crippen molar-refractivity contribution in [2.45, 2.75) is 13.2 Å². The van der Waals surface area contributed by atoms with E-state index in [1.165, 1.54) is 6.39 Å². The van der Waals surface area contributed by atoms with Crippen LogP contribution in [0.5, 0.6) is 5.75 Å². The monoisotopic (exact) mass is 347 g/mol. The lowest BCUT2D eigenvalue weighted by Crippen LogP contribution is -2.03. The van der Waals surface area contributed by atoms with Crippen molar-refractivity contribution in [3.8, 4) is 17.1 Å². The highest BCUT2D eigenvalue weighted by Gasteiger charge is 2.13. The summed E-state index contributed by atoms with van der Waals surface area (Å²) >= 11 is 0. The predicted octanol–water partition coefficient (Wildman–Crippen LogP) is 3.70. The van der Waals surface area contributed by atoms with Gasteiger partial charge in [-0.25, -0.2) is 4.98 Å². The molecule has 0 fully saturated rings. The molecule has 6 nitrogen and oxygen atoms in total. The molecule has 0 spiro atoms. The maximum atomic E-state index is 10.1. The Balaban J connectivity index is 1.70. The molecule has 0 saturated heterocycles. The standard InChI is InChI=1S/C20H17N3O3/c24-11-14-7-16(20-10-21-12-26-20)18(8-19(14)25)23-9-13-5-6-22-17-4-2-1-3-15(13)17/h1-8,10,12,23-25H,9,11H2. The molecule has 0 saturated carbocycles. The van der Waals surface area contributed by atoms with E-state index in [0.717, 1.165) is 22.0 Å². The van der Waals surface area contributed by atoms with Crippen molar-refractivity contribution in [1.82, 2.24) is 9.97 Å². The zero-order valence-electron chi connectivity index (χ0n) is 13.9. The highest BCUT2D eigenvalue weighted by Crippen LogP contribution is 2.34. The minimum atomic E-state index is -0.262. The van der Waals surface area contributed by atoms with Crippen molar-refractivity contribution < 1.29 is 14.6 Å². The molecular weight excluding hydrogens is 330 g/mol. The van der Waals surface area contributed by atoms with E-state index in [1.54, 1.807) is 24.5 Å². The van der Waals surface area contributed by atoms with Gasteiger partial charge < -0.3 is 19.9 Å². The number of nitrogens with one attached hydrogen (secondary N) is 1. The predicted molar refractivity (Wildman–Crippen MR) is 98.6 cm³/mol. The second-order valence-electron chi connectivity index (χ2n) is 5.89. The average molecular weight is 347 g/mol. The number of anilines is 1. The first-order valence-electron chi connectivity index (χ1n) is 8.18. The molecule has 6 heteroatoms. The molecule has 2 aromatic carbocycles. The summed E-state index contributed by atoms with van der Waals surface area (Å²) in [5.41, 5.74) is 3.86. The Kier molecular flexibility index (Phi) is 4.25. The van der Waals surface area contributed by atoms with E-state index in [-0.39, 0.29) is 12.4 Å². The van der Waals surface area contributed by atoms with E-state index in [9.17, 15) is 10.2 Å². The Labute approximate surface area is 149 Å². The fraction of sp³-hybridized carbons (Fsp3) is 0.100. The van der Waals surface area contributed by atoms with Crippen LogP contribution in [0.25, 0.3) is 22.2 Å². The molecule has 130 valence electrons. The third kappa shape index (κ3) is 2.98. The highest BCUT2D eigenvalue weighted by atomic mass is 16.3. The quantitative estimate of drug-likeness (QED) is 0.510. The van der Waals surface area contributed by atoms with E-state index in [2.05, 4.69) is 15.3 Å². The number of para-hydroxylation sites is 1. The Morgan fingerprint density at radius 2 is 1.96 bits per heavy atom. The van der Waals surface area contributed by atoms with Gasteiger partial charge in [-0.1, -0.05) is 18.2 Å². The summed E-state index contributed by atoms with van der Waals surface area (Å²) in [4.78, 5) is 8.32. The fourth-order valence-electron chi connectivity index (χ4n) is 2.96.